The molecule has 3 rings (SSSR count). The van der Waals surface area contributed by atoms with Gasteiger partial charge in [-0.15, -0.1) is 11.8 Å². The lowest BCUT2D eigenvalue weighted by atomic mass is 9.95. The molecule has 1 N–H and O–H groups in total. The molecule has 0 fully saturated rings. The number of carbonyl (C=O) groups is 1. The smallest absolute Gasteiger partial charge is 0.312 e. The van der Waals surface area contributed by atoms with Crippen molar-refractivity contribution in [1.29, 1.82) is 0 Å². The topological polar surface area (TPSA) is 53.0 Å². The maximum atomic E-state index is 13.7. The third-order valence-corrected chi connectivity index (χ3v) is 7.75. The van der Waals surface area contributed by atoms with Gasteiger partial charge in [-0.3, -0.25) is 4.79 Å². The molecule has 33 heavy (non-hydrogen) atoms. The number of hydrogen-bond acceptors (Lipinski definition) is 6. The fraction of sp³-hybridized carbons (Fsp3) is 0.480. The number of anilines is 2. The van der Waals surface area contributed by atoms with Gasteiger partial charge in [-0.25, -0.2) is 8.70 Å². The number of thioether (sulfide) groups is 1. The number of unbranched alkanes of at least 4 members (excludes halogenated alkanes) is 1. The summed E-state index contributed by atoms with van der Waals surface area (Å²) in [5.41, 5.74) is 1.01. The average Bonchev–Trinajstić information content (AvgIpc) is 2.91. The third kappa shape index (κ3) is 6.16. The predicted octanol–water partition coefficient (Wildman–Crippen LogP) is 6.69. The van der Waals surface area contributed by atoms with Crippen molar-refractivity contribution >= 4 is 41.1 Å². The van der Waals surface area contributed by atoms with Crippen LogP contribution in [0.3, 0.4) is 0 Å². The molecule has 0 spiro atoms. The van der Waals surface area contributed by atoms with E-state index in [1.165, 1.54) is 12.1 Å². The van der Waals surface area contributed by atoms with Crippen LogP contribution in [0.15, 0.2) is 46.2 Å². The third-order valence-electron chi connectivity index (χ3n) is 5.88. The van der Waals surface area contributed by atoms with Crippen LogP contribution in [0.4, 0.5) is 15.8 Å². The summed E-state index contributed by atoms with van der Waals surface area (Å²) in [7, 11) is 2.11. The normalized spacial score (nSPS) is 16.9. The fourth-order valence-electron chi connectivity index (χ4n) is 3.64. The Labute approximate surface area is 204 Å². The number of carboxylic acids is 1. The summed E-state index contributed by atoms with van der Waals surface area (Å²) in [6.07, 6.45) is 5.32. The van der Waals surface area contributed by atoms with E-state index in [4.69, 9.17) is 4.74 Å². The molecule has 0 bridgehead atoms. The molecule has 2 aromatic carbocycles. The molecule has 180 valence electrons. The Morgan fingerprint density at radius 2 is 2.00 bits per heavy atom. The minimum absolute atomic E-state index is 0.0794. The summed E-state index contributed by atoms with van der Waals surface area (Å²) in [4.78, 5) is 15.8. The van der Waals surface area contributed by atoms with Gasteiger partial charge in [0.1, 0.15) is 18.2 Å². The van der Waals surface area contributed by atoms with Crippen molar-refractivity contribution in [3.63, 3.8) is 0 Å². The minimum atomic E-state index is -0.988. The van der Waals surface area contributed by atoms with Crippen molar-refractivity contribution < 1.29 is 19.0 Å². The Morgan fingerprint density at radius 3 is 2.61 bits per heavy atom. The molecule has 0 saturated heterocycles. The van der Waals surface area contributed by atoms with Crippen LogP contribution in [0.25, 0.3) is 0 Å². The fourth-order valence-corrected chi connectivity index (χ4v) is 5.24. The number of aliphatic carboxylic acids is 1. The summed E-state index contributed by atoms with van der Waals surface area (Å²) in [5, 5.41) is 9.46. The molecule has 1 heterocycles. The van der Waals surface area contributed by atoms with Gasteiger partial charge in [0.2, 0.25) is 0 Å². The minimum Gasteiger partial charge on any atom is -0.491 e. The van der Waals surface area contributed by atoms with Gasteiger partial charge in [0.15, 0.2) is 0 Å². The molecular weight excluding hydrogens is 459 g/mol. The molecule has 1 aliphatic rings. The van der Waals surface area contributed by atoms with E-state index in [9.17, 15) is 14.3 Å². The molecule has 1 unspecified atom stereocenters. The van der Waals surface area contributed by atoms with Crippen LogP contribution in [0.2, 0.25) is 0 Å². The highest BCUT2D eigenvalue weighted by molar-refractivity contribution is 7.98. The van der Waals surface area contributed by atoms with E-state index in [1.807, 2.05) is 24.5 Å². The maximum Gasteiger partial charge on any atom is 0.312 e. The summed E-state index contributed by atoms with van der Waals surface area (Å²) in [6.45, 7) is 6.39. The second kappa shape index (κ2) is 11.0. The first-order valence-electron chi connectivity index (χ1n) is 11.2. The van der Waals surface area contributed by atoms with Crippen LogP contribution in [0, 0.1) is 11.2 Å². The van der Waals surface area contributed by atoms with Gasteiger partial charge in [-0.1, -0.05) is 19.8 Å². The zero-order valence-electron chi connectivity index (χ0n) is 19.9. The van der Waals surface area contributed by atoms with E-state index in [0.717, 1.165) is 47.0 Å². The van der Waals surface area contributed by atoms with Crippen molar-refractivity contribution in [1.82, 2.24) is 4.31 Å². The maximum absolute atomic E-state index is 13.7. The Bertz CT molecular complexity index is 969. The van der Waals surface area contributed by atoms with Crippen molar-refractivity contribution in [2.45, 2.75) is 55.9 Å². The number of hydrogen-bond donors (Lipinski definition) is 1. The first-order valence-corrected chi connectivity index (χ1v) is 13.2. The quantitative estimate of drug-likeness (QED) is 0.309. The predicted molar refractivity (Wildman–Crippen MR) is 135 cm³/mol. The number of nitrogens with zero attached hydrogens (tertiary/aromatic N) is 2. The van der Waals surface area contributed by atoms with Crippen LogP contribution >= 0.6 is 23.7 Å². The Hall–Kier alpha value is -1.90. The SMILES string of the molecule is CCCCC1CN(c2ccc(F)cc2)c2cc(SC)c(OCC(C)(C)C(=O)O)cc2SN1C. The van der Waals surface area contributed by atoms with Crippen molar-refractivity contribution in [3.05, 3.63) is 42.2 Å². The number of carboxylic acid groups (broad SMARTS) is 1. The lowest BCUT2D eigenvalue weighted by Crippen LogP contribution is -2.35. The summed E-state index contributed by atoms with van der Waals surface area (Å²) < 4.78 is 22.0. The van der Waals surface area contributed by atoms with Gasteiger partial charge in [-0.2, -0.15) is 0 Å². The molecule has 0 amide bonds. The number of rotatable bonds is 9. The number of benzene rings is 2. The van der Waals surface area contributed by atoms with Crippen LogP contribution < -0.4 is 9.64 Å². The highest BCUT2D eigenvalue weighted by atomic mass is 32.2. The number of fused-ring (bicyclic) bond motifs is 1. The zero-order valence-corrected chi connectivity index (χ0v) is 21.6. The van der Waals surface area contributed by atoms with E-state index >= 15 is 0 Å². The Kier molecular flexibility index (Phi) is 8.59. The first kappa shape index (κ1) is 25.7. The highest BCUT2D eigenvalue weighted by Crippen LogP contribution is 2.46. The largest absolute Gasteiger partial charge is 0.491 e. The van der Waals surface area contributed by atoms with Crippen LogP contribution in [-0.4, -0.2) is 47.9 Å². The van der Waals surface area contributed by atoms with E-state index in [0.29, 0.717) is 11.8 Å². The van der Waals surface area contributed by atoms with Crippen LogP contribution in [0.1, 0.15) is 40.0 Å². The second-order valence-corrected chi connectivity index (χ2v) is 11.0. The van der Waals surface area contributed by atoms with Crippen molar-refractivity contribution in [2.24, 2.45) is 5.41 Å². The van der Waals surface area contributed by atoms with Crippen LogP contribution in [-0.2, 0) is 4.79 Å². The lowest BCUT2D eigenvalue weighted by molar-refractivity contribution is -0.148. The van der Waals surface area contributed by atoms with Crippen molar-refractivity contribution in [3.8, 4) is 5.75 Å². The van der Waals surface area contributed by atoms with Gasteiger partial charge >= 0.3 is 5.97 Å². The van der Waals surface area contributed by atoms with Gasteiger partial charge < -0.3 is 14.7 Å². The summed E-state index contributed by atoms with van der Waals surface area (Å²) in [6, 6.07) is 11.1. The summed E-state index contributed by atoms with van der Waals surface area (Å²) >= 11 is 3.25. The van der Waals surface area contributed by atoms with Crippen molar-refractivity contribution in [2.75, 3.05) is 31.4 Å². The first-order chi connectivity index (χ1) is 15.7. The molecule has 1 aliphatic heterocycles. The van der Waals surface area contributed by atoms with E-state index in [2.05, 4.69) is 29.2 Å². The summed E-state index contributed by atoms with van der Waals surface area (Å²) in [5.74, 6) is -0.460. The van der Waals surface area contributed by atoms with E-state index in [1.54, 1.807) is 37.6 Å². The molecule has 0 radical (unpaired) electrons. The average molecular weight is 493 g/mol. The van der Waals surface area contributed by atoms with E-state index in [-0.39, 0.29) is 12.4 Å². The monoisotopic (exact) mass is 492 g/mol. The molecule has 5 nitrogen and oxygen atoms in total. The molecule has 1 atom stereocenters. The molecule has 8 heteroatoms. The molecule has 0 aliphatic carbocycles. The van der Waals surface area contributed by atoms with E-state index < -0.39 is 11.4 Å². The Balaban J connectivity index is 2.03. The molecule has 0 saturated carbocycles. The van der Waals surface area contributed by atoms with Gasteiger partial charge in [0.25, 0.3) is 0 Å². The molecule has 2 aromatic rings. The number of ether oxygens (including phenoxy) is 1. The standard InChI is InChI=1S/C25H33FN2O3S2/c1-6-7-8-19-15-28(18-11-9-17(26)10-12-18)20-13-23(32-5)21(14-22(20)33-27(19)4)31-16-25(2,3)24(29)30/h9-14,19H,6-8,15-16H2,1-5H3,(H,29,30). The number of halogens is 1. The van der Waals surface area contributed by atoms with Gasteiger partial charge in [-0.05, 0) is 81.9 Å². The lowest BCUT2D eigenvalue weighted by Gasteiger charge is -2.30. The van der Waals surface area contributed by atoms with Gasteiger partial charge in [0, 0.05) is 18.3 Å². The second-order valence-electron chi connectivity index (χ2n) is 8.97. The zero-order chi connectivity index (χ0) is 24.2. The molecular formula is C25H33FN2O3S2. The number of likely N-dealkylation sites (N-methyl/N-ethyl adjacent to an activating group) is 1. The Morgan fingerprint density at radius 1 is 1.30 bits per heavy atom. The van der Waals surface area contributed by atoms with Crippen LogP contribution in [0.5, 0.6) is 5.75 Å². The molecule has 0 aromatic heterocycles. The highest BCUT2D eigenvalue weighted by Gasteiger charge is 2.31. The van der Waals surface area contributed by atoms with Gasteiger partial charge in [0.05, 0.1) is 20.9 Å².